The SMILES string of the molecule is CCOc1ccc2oc(C(=O)N/N=C/c3ccc(-c4cc([N+](=O)[O-])ccc4C)o3)cc2c1. The highest BCUT2D eigenvalue weighted by molar-refractivity contribution is 5.96. The molecule has 9 nitrogen and oxygen atoms in total. The molecule has 2 aromatic carbocycles. The molecule has 4 rings (SSSR count). The van der Waals surface area contributed by atoms with Crippen LogP contribution in [0.2, 0.25) is 0 Å². The normalized spacial score (nSPS) is 11.2. The number of hydrazone groups is 1. The molecule has 0 unspecified atom stereocenters. The van der Waals surface area contributed by atoms with Gasteiger partial charge in [0.05, 0.1) is 17.7 Å². The van der Waals surface area contributed by atoms with E-state index in [1.54, 1.807) is 42.5 Å². The number of nitro benzene ring substituents is 1. The molecule has 1 N–H and O–H groups in total. The molecule has 1 amide bonds. The van der Waals surface area contributed by atoms with Gasteiger partial charge < -0.3 is 13.6 Å². The maximum absolute atomic E-state index is 12.3. The summed E-state index contributed by atoms with van der Waals surface area (Å²) in [4.78, 5) is 22.9. The largest absolute Gasteiger partial charge is 0.494 e. The third kappa shape index (κ3) is 4.36. The van der Waals surface area contributed by atoms with E-state index in [-0.39, 0.29) is 11.4 Å². The van der Waals surface area contributed by atoms with E-state index in [2.05, 4.69) is 10.5 Å². The molecule has 2 aromatic heterocycles. The van der Waals surface area contributed by atoms with Gasteiger partial charge in [-0.25, -0.2) is 5.43 Å². The third-order valence-electron chi connectivity index (χ3n) is 4.70. The second-order valence-corrected chi connectivity index (χ2v) is 6.90. The average Bonchev–Trinajstić information content (AvgIpc) is 3.41. The Hall–Kier alpha value is -4.40. The predicted molar refractivity (Wildman–Crippen MR) is 118 cm³/mol. The van der Waals surface area contributed by atoms with Gasteiger partial charge in [-0.2, -0.15) is 5.10 Å². The first-order chi connectivity index (χ1) is 15.4. The molecular formula is C23H19N3O6. The van der Waals surface area contributed by atoms with Crippen molar-refractivity contribution < 1.29 is 23.3 Å². The van der Waals surface area contributed by atoms with Crippen LogP contribution in [0.4, 0.5) is 5.69 Å². The van der Waals surface area contributed by atoms with E-state index >= 15 is 0 Å². The Bertz CT molecular complexity index is 1330. The minimum atomic E-state index is -0.517. The molecule has 0 radical (unpaired) electrons. The van der Waals surface area contributed by atoms with Gasteiger partial charge in [-0.3, -0.25) is 14.9 Å². The van der Waals surface area contributed by atoms with Crippen LogP contribution in [0.5, 0.6) is 5.75 Å². The lowest BCUT2D eigenvalue weighted by Gasteiger charge is -2.02. The Morgan fingerprint density at radius 3 is 2.78 bits per heavy atom. The summed E-state index contributed by atoms with van der Waals surface area (Å²) in [6.07, 6.45) is 1.34. The van der Waals surface area contributed by atoms with Crippen molar-refractivity contribution in [3.05, 3.63) is 81.8 Å². The van der Waals surface area contributed by atoms with Crippen molar-refractivity contribution in [3.8, 4) is 17.1 Å². The van der Waals surface area contributed by atoms with Crippen molar-refractivity contribution in [1.82, 2.24) is 5.43 Å². The van der Waals surface area contributed by atoms with E-state index in [4.69, 9.17) is 13.6 Å². The molecule has 0 bridgehead atoms. The number of carbonyl (C=O) groups is 1. The first-order valence-electron chi connectivity index (χ1n) is 9.79. The van der Waals surface area contributed by atoms with Crippen molar-refractivity contribution in [1.29, 1.82) is 0 Å². The summed E-state index contributed by atoms with van der Waals surface area (Å²) in [5.41, 5.74) is 4.37. The van der Waals surface area contributed by atoms with E-state index in [0.29, 0.717) is 35.0 Å². The van der Waals surface area contributed by atoms with Crippen LogP contribution in [-0.2, 0) is 0 Å². The topological polar surface area (TPSA) is 120 Å². The zero-order valence-corrected chi connectivity index (χ0v) is 17.3. The number of non-ortho nitro benzene ring substituents is 1. The number of fused-ring (bicyclic) bond motifs is 1. The Morgan fingerprint density at radius 2 is 2.00 bits per heavy atom. The van der Waals surface area contributed by atoms with Crippen LogP contribution in [-0.4, -0.2) is 23.7 Å². The number of amides is 1. The number of rotatable bonds is 7. The second kappa shape index (κ2) is 8.76. The smallest absolute Gasteiger partial charge is 0.307 e. The van der Waals surface area contributed by atoms with Crippen molar-refractivity contribution in [2.24, 2.45) is 5.10 Å². The lowest BCUT2D eigenvalue weighted by atomic mass is 10.1. The van der Waals surface area contributed by atoms with Gasteiger partial charge in [0.25, 0.3) is 5.69 Å². The number of benzene rings is 2. The van der Waals surface area contributed by atoms with Gasteiger partial charge in [-0.15, -0.1) is 0 Å². The molecule has 0 saturated heterocycles. The van der Waals surface area contributed by atoms with Crippen LogP contribution in [0.1, 0.15) is 28.8 Å². The number of nitro groups is 1. The number of nitrogens with zero attached hydrogens (tertiary/aromatic N) is 2. The van der Waals surface area contributed by atoms with Gasteiger partial charge >= 0.3 is 5.91 Å². The van der Waals surface area contributed by atoms with Crippen LogP contribution in [0.15, 0.2) is 68.5 Å². The fourth-order valence-electron chi connectivity index (χ4n) is 3.16. The molecule has 32 heavy (non-hydrogen) atoms. The lowest BCUT2D eigenvalue weighted by Crippen LogP contribution is -2.16. The number of aryl methyl sites for hydroxylation is 1. The summed E-state index contributed by atoms with van der Waals surface area (Å²) < 4.78 is 16.7. The molecule has 162 valence electrons. The summed E-state index contributed by atoms with van der Waals surface area (Å²) in [5, 5.41) is 15.7. The fourth-order valence-corrected chi connectivity index (χ4v) is 3.16. The fraction of sp³-hybridized carbons (Fsp3) is 0.130. The van der Waals surface area contributed by atoms with Crippen LogP contribution < -0.4 is 10.2 Å². The number of carbonyl (C=O) groups excluding carboxylic acids is 1. The zero-order valence-electron chi connectivity index (χ0n) is 17.3. The van der Waals surface area contributed by atoms with Crippen molar-refractivity contribution in [2.45, 2.75) is 13.8 Å². The Kier molecular flexibility index (Phi) is 5.71. The van der Waals surface area contributed by atoms with Crippen molar-refractivity contribution >= 4 is 28.8 Å². The van der Waals surface area contributed by atoms with Gasteiger partial charge in [0.2, 0.25) is 0 Å². The van der Waals surface area contributed by atoms with Crippen LogP contribution in [0.3, 0.4) is 0 Å². The highest BCUT2D eigenvalue weighted by atomic mass is 16.6. The number of furan rings is 2. The molecule has 0 aliphatic carbocycles. The third-order valence-corrected chi connectivity index (χ3v) is 4.70. The molecule has 4 aromatic rings. The molecule has 0 saturated carbocycles. The van der Waals surface area contributed by atoms with E-state index in [1.165, 1.54) is 18.3 Å². The highest BCUT2D eigenvalue weighted by Gasteiger charge is 2.14. The van der Waals surface area contributed by atoms with Crippen molar-refractivity contribution in [2.75, 3.05) is 6.61 Å². The minimum Gasteiger partial charge on any atom is -0.494 e. The Morgan fingerprint density at radius 1 is 1.16 bits per heavy atom. The van der Waals surface area contributed by atoms with Gasteiger partial charge in [0.1, 0.15) is 22.9 Å². The molecule has 0 atom stereocenters. The highest BCUT2D eigenvalue weighted by Crippen LogP contribution is 2.29. The summed E-state index contributed by atoms with van der Waals surface area (Å²) in [7, 11) is 0. The first-order valence-corrected chi connectivity index (χ1v) is 9.79. The maximum Gasteiger partial charge on any atom is 0.307 e. The average molecular weight is 433 g/mol. The molecule has 0 aliphatic rings. The van der Waals surface area contributed by atoms with E-state index < -0.39 is 10.8 Å². The number of nitrogens with one attached hydrogen (secondary N) is 1. The monoisotopic (exact) mass is 433 g/mol. The zero-order chi connectivity index (χ0) is 22.7. The maximum atomic E-state index is 12.3. The van der Waals surface area contributed by atoms with E-state index in [9.17, 15) is 14.9 Å². The van der Waals surface area contributed by atoms with Gasteiger partial charge in [0.15, 0.2) is 5.76 Å². The number of ether oxygens (including phenoxy) is 1. The summed E-state index contributed by atoms with van der Waals surface area (Å²) in [6, 6.07) is 14.8. The van der Waals surface area contributed by atoms with Crippen LogP contribution in [0, 0.1) is 17.0 Å². The van der Waals surface area contributed by atoms with Crippen molar-refractivity contribution in [3.63, 3.8) is 0 Å². The molecule has 0 aliphatic heterocycles. The summed E-state index contributed by atoms with van der Waals surface area (Å²) in [6.45, 7) is 4.27. The second-order valence-electron chi connectivity index (χ2n) is 6.90. The Labute approximate surface area is 182 Å². The minimum absolute atomic E-state index is 0.0244. The van der Waals surface area contributed by atoms with E-state index in [1.807, 2.05) is 13.8 Å². The molecular weight excluding hydrogens is 414 g/mol. The van der Waals surface area contributed by atoms with Crippen LogP contribution >= 0.6 is 0 Å². The molecule has 0 spiro atoms. The number of hydrogen-bond acceptors (Lipinski definition) is 7. The quantitative estimate of drug-likeness (QED) is 0.247. The lowest BCUT2D eigenvalue weighted by molar-refractivity contribution is -0.384. The standard InChI is InChI=1S/C23H19N3O6/c1-3-30-17-6-8-20-15(10-17)11-22(32-20)23(27)25-24-13-18-7-9-21(31-18)19-12-16(26(28)29)5-4-14(19)2/h4-13H,3H2,1-2H3,(H,25,27)/b24-13+. The Balaban J connectivity index is 1.45. The number of hydrogen-bond donors (Lipinski definition) is 1. The predicted octanol–water partition coefficient (Wildman–Crippen LogP) is 5.07. The summed E-state index contributed by atoms with van der Waals surface area (Å²) >= 11 is 0. The summed E-state index contributed by atoms with van der Waals surface area (Å²) in [5.74, 6) is 1.12. The molecule has 9 heteroatoms. The van der Waals surface area contributed by atoms with Gasteiger partial charge in [-0.05, 0) is 55.8 Å². The van der Waals surface area contributed by atoms with E-state index in [0.717, 1.165) is 10.9 Å². The molecule has 0 fully saturated rings. The first kappa shape index (κ1) is 20.9. The molecule has 2 heterocycles. The van der Waals surface area contributed by atoms with Gasteiger partial charge in [-0.1, -0.05) is 6.07 Å². The van der Waals surface area contributed by atoms with Crippen LogP contribution in [0.25, 0.3) is 22.3 Å². The van der Waals surface area contributed by atoms with Gasteiger partial charge in [0, 0.05) is 23.1 Å².